The van der Waals surface area contributed by atoms with Crippen LogP contribution in [0.4, 0.5) is 5.69 Å². The Morgan fingerprint density at radius 2 is 1.68 bits per heavy atom. The van der Waals surface area contributed by atoms with Crippen molar-refractivity contribution in [1.82, 2.24) is 5.43 Å². The topological polar surface area (TPSA) is 88.1 Å². The highest BCUT2D eigenvalue weighted by Crippen LogP contribution is 2.29. The van der Waals surface area contributed by atoms with Gasteiger partial charge in [0.25, 0.3) is 15.9 Å². The molecule has 0 aliphatic rings. The Balaban J connectivity index is 1.89. The van der Waals surface area contributed by atoms with Crippen LogP contribution in [0.3, 0.4) is 0 Å². The summed E-state index contributed by atoms with van der Waals surface area (Å²) in [6.07, 6.45) is 0. The molecular formula is C25H26ClN3O4S. The third kappa shape index (κ3) is 5.95. The maximum absolute atomic E-state index is 13.5. The number of methoxy groups -OCH3 is 1. The van der Waals surface area contributed by atoms with E-state index in [-0.39, 0.29) is 4.90 Å². The van der Waals surface area contributed by atoms with Crippen LogP contribution in [0.5, 0.6) is 5.75 Å². The smallest absolute Gasteiger partial charge is 0.264 e. The van der Waals surface area contributed by atoms with E-state index >= 15 is 0 Å². The standard InChI is InChI=1S/C25H26ClN3O4S/c1-17-5-12-23(13-6-17)34(31,32)29(24-14-9-21(26)15-18(24)2)16-25(30)28-27-19(3)20-7-10-22(33-4)11-8-20/h5-15H,16H2,1-4H3,(H,28,30)/b27-19+. The summed E-state index contributed by atoms with van der Waals surface area (Å²) in [4.78, 5) is 12.9. The molecule has 178 valence electrons. The number of rotatable bonds is 8. The molecule has 3 aromatic carbocycles. The summed E-state index contributed by atoms with van der Waals surface area (Å²) in [7, 11) is -2.45. The zero-order valence-electron chi connectivity index (χ0n) is 19.4. The van der Waals surface area contributed by atoms with Gasteiger partial charge >= 0.3 is 0 Å². The van der Waals surface area contributed by atoms with E-state index in [2.05, 4.69) is 10.5 Å². The normalized spacial score (nSPS) is 11.7. The van der Waals surface area contributed by atoms with Crippen molar-refractivity contribution in [2.24, 2.45) is 5.10 Å². The lowest BCUT2D eigenvalue weighted by molar-refractivity contribution is -0.119. The van der Waals surface area contributed by atoms with Crippen LogP contribution in [0.1, 0.15) is 23.6 Å². The van der Waals surface area contributed by atoms with Crippen LogP contribution >= 0.6 is 11.6 Å². The molecule has 0 heterocycles. The number of hydrogen-bond acceptors (Lipinski definition) is 5. The highest BCUT2D eigenvalue weighted by atomic mass is 35.5. The number of halogens is 1. The second-order valence-electron chi connectivity index (χ2n) is 7.72. The van der Waals surface area contributed by atoms with Gasteiger partial charge in [-0.1, -0.05) is 29.3 Å². The Bertz CT molecular complexity index is 1300. The Hall–Kier alpha value is -3.36. The summed E-state index contributed by atoms with van der Waals surface area (Å²) in [5, 5.41) is 4.60. The van der Waals surface area contributed by atoms with Gasteiger partial charge in [0, 0.05) is 5.02 Å². The summed E-state index contributed by atoms with van der Waals surface area (Å²) in [5.41, 5.74) is 5.71. The summed E-state index contributed by atoms with van der Waals surface area (Å²) < 4.78 is 33.2. The molecule has 0 aliphatic heterocycles. The van der Waals surface area contributed by atoms with Gasteiger partial charge in [-0.2, -0.15) is 5.10 Å². The van der Waals surface area contributed by atoms with Crippen LogP contribution in [0.15, 0.2) is 76.7 Å². The van der Waals surface area contributed by atoms with Crippen LogP contribution in [0.25, 0.3) is 0 Å². The maximum Gasteiger partial charge on any atom is 0.264 e. The highest BCUT2D eigenvalue weighted by molar-refractivity contribution is 7.92. The number of benzene rings is 3. The molecule has 0 spiro atoms. The summed E-state index contributed by atoms with van der Waals surface area (Å²) in [6.45, 7) is 4.89. The maximum atomic E-state index is 13.5. The second-order valence-corrected chi connectivity index (χ2v) is 10.0. The van der Waals surface area contributed by atoms with E-state index in [4.69, 9.17) is 16.3 Å². The van der Waals surface area contributed by atoms with E-state index in [0.29, 0.717) is 27.7 Å². The summed E-state index contributed by atoms with van der Waals surface area (Å²) in [5.74, 6) is 0.119. The largest absolute Gasteiger partial charge is 0.497 e. The number of sulfonamides is 1. The molecular weight excluding hydrogens is 474 g/mol. The van der Waals surface area contributed by atoms with Crippen molar-refractivity contribution in [3.8, 4) is 5.75 Å². The minimum Gasteiger partial charge on any atom is -0.497 e. The van der Waals surface area contributed by atoms with E-state index < -0.39 is 22.5 Å². The molecule has 1 amide bonds. The number of carbonyl (C=O) groups is 1. The predicted molar refractivity (Wildman–Crippen MR) is 135 cm³/mol. The van der Waals surface area contributed by atoms with Crippen molar-refractivity contribution in [2.45, 2.75) is 25.7 Å². The number of ether oxygens (including phenoxy) is 1. The lowest BCUT2D eigenvalue weighted by atomic mass is 10.1. The minimum absolute atomic E-state index is 0.0816. The molecule has 1 N–H and O–H groups in total. The Kier molecular flexibility index (Phi) is 7.96. The van der Waals surface area contributed by atoms with Gasteiger partial charge in [0.05, 0.1) is 23.4 Å². The van der Waals surface area contributed by atoms with Crippen molar-refractivity contribution in [3.05, 3.63) is 88.4 Å². The highest BCUT2D eigenvalue weighted by Gasteiger charge is 2.28. The number of carbonyl (C=O) groups excluding carboxylic acids is 1. The van der Waals surface area contributed by atoms with Crippen LogP contribution in [-0.4, -0.2) is 33.7 Å². The van der Waals surface area contributed by atoms with Gasteiger partial charge in [-0.05, 0) is 86.5 Å². The fraction of sp³-hybridized carbons (Fsp3) is 0.200. The molecule has 0 atom stereocenters. The zero-order valence-corrected chi connectivity index (χ0v) is 20.9. The third-order valence-electron chi connectivity index (χ3n) is 5.18. The average molecular weight is 500 g/mol. The molecule has 0 radical (unpaired) electrons. The molecule has 34 heavy (non-hydrogen) atoms. The van der Waals surface area contributed by atoms with Gasteiger partial charge in [0.15, 0.2) is 0 Å². The third-order valence-corrected chi connectivity index (χ3v) is 7.19. The quantitative estimate of drug-likeness (QED) is 0.359. The van der Waals surface area contributed by atoms with Crippen LogP contribution in [0.2, 0.25) is 5.02 Å². The van der Waals surface area contributed by atoms with Gasteiger partial charge in [-0.3, -0.25) is 9.10 Å². The number of nitrogens with one attached hydrogen (secondary N) is 1. The van der Waals surface area contributed by atoms with Crippen molar-refractivity contribution in [1.29, 1.82) is 0 Å². The number of amides is 1. The fourth-order valence-electron chi connectivity index (χ4n) is 3.24. The Morgan fingerprint density at radius 3 is 2.26 bits per heavy atom. The number of aryl methyl sites for hydroxylation is 2. The number of hydrogen-bond donors (Lipinski definition) is 1. The first-order valence-corrected chi connectivity index (χ1v) is 12.3. The number of nitrogens with zero attached hydrogens (tertiary/aromatic N) is 2. The van der Waals surface area contributed by atoms with Gasteiger partial charge in [-0.25, -0.2) is 13.8 Å². The first-order chi connectivity index (χ1) is 16.1. The van der Waals surface area contributed by atoms with Gasteiger partial charge in [-0.15, -0.1) is 0 Å². The average Bonchev–Trinajstić information content (AvgIpc) is 2.81. The molecule has 3 aromatic rings. The molecule has 0 saturated carbocycles. The van der Waals surface area contributed by atoms with Crippen LogP contribution in [0, 0.1) is 13.8 Å². The lowest BCUT2D eigenvalue weighted by Gasteiger charge is -2.25. The minimum atomic E-state index is -4.03. The van der Waals surface area contributed by atoms with E-state index in [1.54, 1.807) is 63.4 Å². The number of anilines is 1. The Morgan fingerprint density at radius 1 is 1.03 bits per heavy atom. The van der Waals surface area contributed by atoms with Crippen molar-refractivity contribution >= 4 is 38.9 Å². The van der Waals surface area contributed by atoms with Gasteiger partial charge in [0.1, 0.15) is 12.3 Å². The molecule has 0 fully saturated rings. The number of hydrazone groups is 1. The van der Waals surface area contributed by atoms with Crippen molar-refractivity contribution in [2.75, 3.05) is 18.0 Å². The molecule has 9 heteroatoms. The monoisotopic (exact) mass is 499 g/mol. The van der Waals surface area contributed by atoms with Crippen LogP contribution < -0.4 is 14.5 Å². The first kappa shape index (κ1) is 25.3. The van der Waals surface area contributed by atoms with Gasteiger partial charge in [0.2, 0.25) is 0 Å². The fourth-order valence-corrected chi connectivity index (χ4v) is 4.96. The molecule has 0 aromatic heterocycles. The zero-order chi connectivity index (χ0) is 24.9. The van der Waals surface area contributed by atoms with E-state index in [0.717, 1.165) is 15.4 Å². The predicted octanol–water partition coefficient (Wildman–Crippen LogP) is 4.70. The van der Waals surface area contributed by atoms with E-state index in [1.807, 2.05) is 19.1 Å². The van der Waals surface area contributed by atoms with E-state index in [1.165, 1.54) is 12.1 Å². The van der Waals surface area contributed by atoms with Crippen molar-refractivity contribution in [3.63, 3.8) is 0 Å². The lowest BCUT2D eigenvalue weighted by Crippen LogP contribution is -2.40. The summed E-state index contributed by atoms with van der Waals surface area (Å²) >= 11 is 6.07. The van der Waals surface area contributed by atoms with Crippen molar-refractivity contribution < 1.29 is 17.9 Å². The molecule has 7 nitrogen and oxygen atoms in total. The summed E-state index contributed by atoms with van der Waals surface area (Å²) in [6, 6.07) is 18.5. The molecule has 0 bridgehead atoms. The second kappa shape index (κ2) is 10.7. The first-order valence-electron chi connectivity index (χ1n) is 10.4. The molecule has 0 saturated heterocycles. The SMILES string of the molecule is COc1ccc(/C(C)=N/NC(=O)CN(c2ccc(Cl)cc2C)S(=O)(=O)c2ccc(C)cc2)cc1. The van der Waals surface area contributed by atoms with Crippen LogP contribution in [-0.2, 0) is 14.8 Å². The molecule has 3 rings (SSSR count). The van der Waals surface area contributed by atoms with Gasteiger partial charge < -0.3 is 4.74 Å². The Labute approximate surface area is 205 Å². The molecule has 0 unspecified atom stereocenters. The van der Waals surface area contributed by atoms with E-state index in [9.17, 15) is 13.2 Å². The molecule has 0 aliphatic carbocycles.